The highest BCUT2D eigenvalue weighted by atomic mass is 16.5. The van der Waals surface area contributed by atoms with Gasteiger partial charge in [-0.1, -0.05) is 29.4 Å². The van der Waals surface area contributed by atoms with Crippen LogP contribution >= 0.6 is 0 Å². The van der Waals surface area contributed by atoms with Gasteiger partial charge in [0.2, 0.25) is 17.6 Å². The third-order valence-corrected chi connectivity index (χ3v) is 4.28. The average Bonchev–Trinajstić information content (AvgIpc) is 3.21. The molecule has 3 rings (SSSR count). The first-order chi connectivity index (χ1) is 13.7. The smallest absolute Gasteiger partial charge is 0.227 e. The summed E-state index contributed by atoms with van der Waals surface area (Å²) in [5.74, 6) is 2.31. The molecule has 0 saturated carbocycles. The quantitative estimate of drug-likeness (QED) is 0.613. The summed E-state index contributed by atoms with van der Waals surface area (Å²) in [6.07, 6.45) is 1.43. The van der Waals surface area contributed by atoms with E-state index < -0.39 is 0 Å². The Morgan fingerprint density at radius 2 is 1.82 bits per heavy atom. The maximum absolute atomic E-state index is 12.0. The van der Waals surface area contributed by atoms with Gasteiger partial charge in [-0.25, -0.2) is 0 Å². The van der Waals surface area contributed by atoms with Crippen molar-refractivity contribution in [1.82, 2.24) is 15.5 Å². The highest BCUT2D eigenvalue weighted by Gasteiger charge is 2.13. The predicted molar refractivity (Wildman–Crippen MR) is 104 cm³/mol. The normalized spacial score (nSPS) is 10.5. The Morgan fingerprint density at radius 3 is 2.57 bits per heavy atom. The van der Waals surface area contributed by atoms with Gasteiger partial charge in [-0.2, -0.15) is 4.98 Å². The summed E-state index contributed by atoms with van der Waals surface area (Å²) in [6.45, 7) is 0.571. The largest absolute Gasteiger partial charge is 0.497 e. The van der Waals surface area contributed by atoms with Crippen molar-refractivity contribution in [3.8, 4) is 22.9 Å². The first kappa shape index (κ1) is 19.4. The predicted octanol–water partition coefficient (Wildman–Crippen LogP) is 3.05. The molecular formula is C21H23N3O4. The van der Waals surface area contributed by atoms with Gasteiger partial charge in [-0.3, -0.25) is 4.79 Å². The van der Waals surface area contributed by atoms with Crippen LogP contribution in [0.25, 0.3) is 11.4 Å². The summed E-state index contributed by atoms with van der Waals surface area (Å²) in [7, 11) is 3.23. The van der Waals surface area contributed by atoms with Crippen molar-refractivity contribution in [1.29, 1.82) is 0 Å². The number of hydrogen-bond donors (Lipinski definition) is 1. The lowest BCUT2D eigenvalue weighted by Crippen LogP contribution is -2.25. The van der Waals surface area contributed by atoms with E-state index in [1.807, 2.05) is 48.5 Å². The Labute approximate surface area is 163 Å². The van der Waals surface area contributed by atoms with Crippen molar-refractivity contribution in [3.63, 3.8) is 0 Å². The van der Waals surface area contributed by atoms with Gasteiger partial charge in [-0.05, 0) is 36.2 Å². The topological polar surface area (TPSA) is 86.5 Å². The zero-order valence-corrected chi connectivity index (χ0v) is 16.0. The molecule has 1 amide bonds. The van der Waals surface area contributed by atoms with E-state index in [9.17, 15) is 4.79 Å². The number of benzene rings is 2. The summed E-state index contributed by atoms with van der Waals surface area (Å²) in [4.78, 5) is 16.4. The second kappa shape index (κ2) is 9.55. The van der Waals surface area contributed by atoms with E-state index in [-0.39, 0.29) is 12.3 Å². The van der Waals surface area contributed by atoms with Crippen LogP contribution in [-0.4, -0.2) is 36.8 Å². The summed E-state index contributed by atoms with van der Waals surface area (Å²) in [5, 5.41) is 6.89. The van der Waals surface area contributed by atoms with Crippen molar-refractivity contribution >= 4 is 5.91 Å². The number of nitrogens with zero attached hydrogens (tertiary/aromatic N) is 2. The lowest BCUT2D eigenvalue weighted by atomic mass is 10.1. The van der Waals surface area contributed by atoms with Crippen LogP contribution in [0, 0.1) is 0 Å². The second-order valence-corrected chi connectivity index (χ2v) is 6.16. The number of rotatable bonds is 9. The minimum absolute atomic E-state index is 0.0504. The van der Waals surface area contributed by atoms with Crippen molar-refractivity contribution < 1.29 is 18.8 Å². The molecule has 28 heavy (non-hydrogen) atoms. The van der Waals surface area contributed by atoms with Gasteiger partial charge >= 0.3 is 0 Å². The van der Waals surface area contributed by atoms with Crippen molar-refractivity contribution in [2.45, 2.75) is 19.3 Å². The Kier molecular flexibility index (Phi) is 6.62. The molecule has 146 valence electrons. The number of amides is 1. The van der Waals surface area contributed by atoms with Gasteiger partial charge in [0.25, 0.3) is 0 Å². The van der Waals surface area contributed by atoms with E-state index in [4.69, 9.17) is 14.0 Å². The number of hydrogen-bond acceptors (Lipinski definition) is 6. The molecular weight excluding hydrogens is 358 g/mol. The minimum Gasteiger partial charge on any atom is -0.497 e. The Morgan fingerprint density at radius 1 is 1.04 bits per heavy atom. The van der Waals surface area contributed by atoms with Gasteiger partial charge in [0.1, 0.15) is 11.5 Å². The summed E-state index contributed by atoms with van der Waals surface area (Å²) in [6, 6.07) is 15.2. The van der Waals surface area contributed by atoms with Crippen LogP contribution in [0.15, 0.2) is 53.1 Å². The number of ether oxygens (including phenoxy) is 2. The highest BCUT2D eigenvalue weighted by molar-refractivity contribution is 5.76. The number of aromatic nitrogens is 2. The average molecular weight is 381 g/mol. The van der Waals surface area contributed by atoms with Crippen molar-refractivity contribution in [3.05, 3.63) is 60.0 Å². The molecule has 0 saturated heterocycles. The van der Waals surface area contributed by atoms with E-state index >= 15 is 0 Å². The van der Waals surface area contributed by atoms with Crippen LogP contribution in [0.4, 0.5) is 0 Å². The lowest BCUT2D eigenvalue weighted by molar-refractivity contribution is -0.121. The number of carbonyl (C=O) groups excluding carboxylic acids is 1. The fraction of sp³-hybridized carbons (Fsp3) is 0.286. The highest BCUT2D eigenvalue weighted by Crippen LogP contribution is 2.27. The Balaban J connectivity index is 1.45. The maximum Gasteiger partial charge on any atom is 0.227 e. The van der Waals surface area contributed by atoms with E-state index in [1.165, 1.54) is 0 Å². The minimum atomic E-state index is -0.0504. The molecule has 0 atom stereocenters. The molecule has 7 heteroatoms. The molecule has 0 unspecified atom stereocenters. The molecule has 2 aromatic carbocycles. The van der Waals surface area contributed by atoms with E-state index in [1.54, 1.807) is 14.2 Å². The first-order valence-corrected chi connectivity index (χ1v) is 9.05. The van der Waals surface area contributed by atoms with Crippen molar-refractivity contribution in [2.75, 3.05) is 20.8 Å². The molecule has 0 aliphatic carbocycles. The monoisotopic (exact) mass is 381 g/mol. The van der Waals surface area contributed by atoms with Gasteiger partial charge in [-0.15, -0.1) is 0 Å². The number of aryl methyl sites for hydroxylation is 1. The molecule has 1 aromatic heterocycles. The third kappa shape index (κ3) is 5.09. The number of methoxy groups -OCH3 is 2. The van der Waals surface area contributed by atoms with Gasteiger partial charge < -0.3 is 19.3 Å². The fourth-order valence-electron chi connectivity index (χ4n) is 2.74. The second-order valence-electron chi connectivity index (χ2n) is 6.16. The number of para-hydroxylation sites is 1. The number of carbonyl (C=O) groups is 1. The Hall–Kier alpha value is -3.35. The third-order valence-electron chi connectivity index (χ3n) is 4.28. The molecule has 3 aromatic rings. The lowest BCUT2D eigenvalue weighted by Gasteiger charge is -2.05. The SMILES string of the molecule is COc1ccc(CCNC(=O)CCc2nc(-c3ccccc3OC)no2)cc1. The van der Waals surface area contributed by atoms with E-state index in [0.717, 1.165) is 23.3 Å². The summed E-state index contributed by atoms with van der Waals surface area (Å²) < 4.78 is 15.7. The van der Waals surface area contributed by atoms with Crippen LogP contribution in [-0.2, 0) is 17.6 Å². The van der Waals surface area contributed by atoms with Crippen LogP contribution in [0.3, 0.4) is 0 Å². The van der Waals surface area contributed by atoms with E-state index in [2.05, 4.69) is 15.5 Å². The molecule has 7 nitrogen and oxygen atoms in total. The molecule has 0 fully saturated rings. The van der Waals surface area contributed by atoms with E-state index in [0.29, 0.717) is 30.4 Å². The molecule has 0 bridgehead atoms. The van der Waals surface area contributed by atoms with Crippen LogP contribution in [0.2, 0.25) is 0 Å². The fourth-order valence-corrected chi connectivity index (χ4v) is 2.74. The van der Waals surface area contributed by atoms with Crippen LogP contribution in [0.1, 0.15) is 17.9 Å². The molecule has 0 aliphatic rings. The maximum atomic E-state index is 12.0. The molecule has 1 heterocycles. The molecule has 0 aliphatic heterocycles. The summed E-state index contributed by atoms with van der Waals surface area (Å²) in [5.41, 5.74) is 1.89. The molecule has 0 radical (unpaired) electrons. The standard InChI is InChI=1S/C21H23N3O4/c1-26-16-9-7-15(8-10-16)13-14-22-19(25)11-12-20-23-21(24-28-20)17-5-3-4-6-18(17)27-2/h3-10H,11-14H2,1-2H3,(H,22,25). The first-order valence-electron chi connectivity index (χ1n) is 9.05. The van der Waals surface area contributed by atoms with Gasteiger partial charge in [0.05, 0.1) is 19.8 Å². The van der Waals surface area contributed by atoms with Crippen molar-refractivity contribution in [2.24, 2.45) is 0 Å². The zero-order chi connectivity index (χ0) is 19.8. The molecule has 0 spiro atoms. The Bertz CT molecular complexity index is 906. The van der Waals surface area contributed by atoms with Crippen LogP contribution < -0.4 is 14.8 Å². The summed E-state index contributed by atoms with van der Waals surface area (Å²) >= 11 is 0. The van der Waals surface area contributed by atoms with Crippen LogP contribution in [0.5, 0.6) is 11.5 Å². The van der Waals surface area contributed by atoms with Gasteiger partial charge in [0, 0.05) is 19.4 Å². The zero-order valence-electron chi connectivity index (χ0n) is 16.0. The number of nitrogens with one attached hydrogen (secondary N) is 1. The van der Waals surface area contributed by atoms with Gasteiger partial charge in [0.15, 0.2) is 0 Å². The molecule has 1 N–H and O–H groups in total.